The summed E-state index contributed by atoms with van der Waals surface area (Å²) in [6.07, 6.45) is 1.87. The van der Waals surface area contributed by atoms with Crippen molar-refractivity contribution in [1.29, 1.82) is 0 Å². The topological polar surface area (TPSA) is 85.1 Å². The Hall–Kier alpha value is -2.53. The molecule has 0 radical (unpaired) electrons. The Morgan fingerprint density at radius 1 is 1.05 bits per heavy atom. The van der Waals surface area contributed by atoms with Crippen LogP contribution in [0, 0.1) is 0 Å². The molecule has 0 aliphatic carbocycles. The van der Waals surface area contributed by atoms with Crippen LogP contribution in [-0.4, -0.2) is 16.7 Å². The third-order valence-electron chi connectivity index (χ3n) is 3.04. The van der Waals surface area contributed by atoms with Gasteiger partial charge in [-0.2, -0.15) is 0 Å². The molecule has 5 heteroatoms. The van der Waals surface area contributed by atoms with Crippen LogP contribution in [0.15, 0.2) is 48.7 Å². The number of nitrogens with two attached hydrogens (primary N) is 1. The normalized spacial score (nSPS) is 10.1. The van der Waals surface area contributed by atoms with Crippen LogP contribution in [0.3, 0.4) is 0 Å². The van der Waals surface area contributed by atoms with E-state index in [1.54, 1.807) is 42.6 Å². The lowest BCUT2D eigenvalue weighted by Gasteiger charge is -2.08. The lowest BCUT2D eigenvalue weighted by molar-refractivity contribution is -0.116. The van der Waals surface area contributed by atoms with Crippen LogP contribution in [-0.2, 0) is 11.3 Å². The van der Waals surface area contributed by atoms with Gasteiger partial charge in [-0.25, -0.2) is 4.98 Å². The standard InChI is InChI=1S/C16H17N3O2/c17-11-13-7-4-10-18-16(13)19-15(21)9-8-14(20)12-5-2-1-3-6-12/h1-7,10H,8-9,11,17H2,(H,18,19,21). The second-order valence-corrected chi connectivity index (χ2v) is 4.55. The number of hydrogen-bond acceptors (Lipinski definition) is 4. The molecular weight excluding hydrogens is 266 g/mol. The maximum absolute atomic E-state index is 11.9. The average Bonchev–Trinajstić information content (AvgIpc) is 2.54. The van der Waals surface area contributed by atoms with Crippen molar-refractivity contribution in [2.75, 3.05) is 5.32 Å². The fraction of sp³-hybridized carbons (Fsp3) is 0.188. The predicted octanol–water partition coefficient (Wildman–Crippen LogP) is 2.14. The quantitative estimate of drug-likeness (QED) is 0.795. The molecule has 2 aromatic rings. The number of amides is 1. The first-order valence-corrected chi connectivity index (χ1v) is 6.72. The Balaban J connectivity index is 1.89. The molecule has 0 bridgehead atoms. The van der Waals surface area contributed by atoms with Gasteiger partial charge in [0.1, 0.15) is 5.82 Å². The summed E-state index contributed by atoms with van der Waals surface area (Å²) in [5.74, 6) is 0.163. The monoisotopic (exact) mass is 283 g/mol. The first-order valence-electron chi connectivity index (χ1n) is 6.72. The highest BCUT2D eigenvalue weighted by molar-refractivity contribution is 5.99. The number of hydrogen-bond donors (Lipinski definition) is 2. The van der Waals surface area contributed by atoms with Crippen molar-refractivity contribution in [2.24, 2.45) is 5.73 Å². The summed E-state index contributed by atoms with van der Waals surface area (Å²) in [5.41, 5.74) is 6.96. The molecule has 0 fully saturated rings. The fourth-order valence-corrected chi connectivity index (χ4v) is 1.91. The minimum Gasteiger partial charge on any atom is -0.326 e. The molecule has 0 spiro atoms. The van der Waals surface area contributed by atoms with Gasteiger partial charge in [0.15, 0.2) is 5.78 Å². The number of rotatable bonds is 6. The van der Waals surface area contributed by atoms with Gasteiger partial charge in [0, 0.05) is 36.7 Å². The summed E-state index contributed by atoms with van der Waals surface area (Å²) in [7, 11) is 0. The second kappa shape index (κ2) is 7.31. The highest BCUT2D eigenvalue weighted by atomic mass is 16.2. The van der Waals surface area contributed by atoms with E-state index in [1.807, 2.05) is 6.07 Å². The number of carbonyl (C=O) groups is 2. The number of pyridine rings is 1. The van der Waals surface area contributed by atoms with E-state index in [4.69, 9.17) is 5.73 Å². The van der Waals surface area contributed by atoms with E-state index in [9.17, 15) is 9.59 Å². The zero-order chi connectivity index (χ0) is 15.1. The fourth-order valence-electron chi connectivity index (χ4n) is 1.91. The van der Waals surface area contributed by atoms with Crippen molar-refractivity contribution in [3.63, 3.8) is 0 Å². The maximum atomic E-state index is 11.9. The van der Waals surface area contributed by atoms with Gasteiger partial charge in [-0.1, -0.05) is 36.4 Å². The molecule has 1 heterocycles. The number of benzene rings is 1. The molecule has 2 rings (SSSR count). The van der Waals surface area contributed by atoms with Crippen molar-refractivity contribution >= 4 is 17.5 Å². The number of ketones is 1. The van der Waals surface area contributed by atoms with Crippen LogP contribution in [0.2, 0.25) is 0 Å². The number of Topliss-reactive ketones (excluding diaryl/α,β-unsaturated/α-hetero) is 1. The van der Waals surface area contributed by atoms with Gasteiger partial charge in [0.05, 0.1) is 0 Å². The van der Waals surface area contributed by atoms with Crippen LogP contribution in [0.5, 0.6) is 0 Å². The molecule has 1 aromatic carbocycles. The molecule has 108 valence electrons. The smallest absolute Gasteiger partial charge is 0.225 e. The second-order valence-electron chi connectivity index (χ2n) is 4.55. The molecule has 1 aromatic heterocycles. The molecule has 0 aliphatic rings. The lowest BCUT2D eigenvalue weighted by Crippen LogP contribution is -2.16. The minimum atomic E-state index is -0.243. The lowest BCUT2D eigenvalue weighted by atomic mass is 10.1. The Kier molecular flexibility index (Phi) is 5.17. The Morgan fingerprint density at radius 3 is 2.52 bits per heavy atom. The van der Waals surface area contributed by atoms with Gasteiger partial charge >= 0.3 is 0 Å². The zero-order valence-electron chi connectivity index (χ0n) is 11.6. The van der Waals surface area contributed by atoms with E-state index in [0.717, 1.165) is 5.56 Å². The van der Waals surface area contributed by atoms with Crippen LogP contribution in [0.4, 0.5) is 5.82 Å². The van der Waals surface area contributed by atoms with Gasteiger partial charge < -0.3 is 11.1 Å². The molecule has 0 saturated heterocycles. The number of nitrogens with one attached hydrogen (secondary N) is 1. The number of carbonyl (C=O) groups excluding carboxylic acids is 2. The number of anilines is 1. The summed E-state index contributed by atoms with van der Waals surface area (Å²) in [5, 5.41) is 2.69. The SMILES string of the molecule is NCc1cccnc1NC(=O)CCC(=O)c1ccccc1. The molecule has 3 N–H and O–H groups in total. The van der Waals surface area contributed by atoms with Crippen molar-refractivity contribution < 1.29 is 9.59 Å². The summed E-state index contributed by atoms with van der Waals surface area (Å²) < 4.78 is 0. The molecule has 0 unspecified atom stereocenters. The van der Waals surface area contributed by atoms with Crippen LogP contribution < -0.4 is 11.1 Å². The minimum absolute atomic E-state index is 0.0502. The number of nitrogens with zero attached hydrogens (tertiary/aromatic N) is 1. The molecule has 5 nitrogen and oxygen atoms in total. The highest BCUT2D eigenvalue weighted by Crippen LogP contribution is 2.11. The van der Waals surface area contributed by atoms with Crippen molar-refractivity contribution in [3.05, 3.63) is 59.8 Å². The number of aromatic nitrogens is 1. The van der Waals surface area contributed by atoms with Crippen LogP contribution in [0.25, 0.3) is 0 Å². The van der Waals surface area contributed by atoms with E-state index < -0.39 is 0 Å². The van der Waals surface area contributed by atoms with E-state index in [1.165, 1.54) is 0 Å². The van der Waals surface area contributed by atoms with Crippen molar-refractivity contribution in [3.8, 4) is 0 Å². The Bertz CT molecular complexity index is 626. The van der Waals surface area contributed by atoms with E-state index in [0.29, 0.717) is 17.9 Å². The van der Waals surface area contributed by atoms with E-state index in [-0.39, 0.29) is 24.5 Å². The molecular formula is C16H17N3O2. The third-order valence-corrected chi connectivity index (χ3v) is 3.04. The first-order chi connectivity index (χ1) is 10.2. The van der Waals surface area contributed by atoms with Crippen molar-refractivity contribution in [1.82, 2.24) is 4.98 Å². The Labute approximate surface area is 123 Å². The van der Waals surface area contributed by atoms with Gasteiger partial charge in [0.2, 0.25) is 5.91 Å². The average molecular weight is 283 g/mol. The maximum Gasteiger partial charge on any atom is 0.225 e. The third kappa shape index (κ3) is 4.22. The highest BCUT2D eigenvalue weighted by Gasteiger charge is 2.11. The molecule has 21 heavy (non-hydrogen) atoms. The van der Waals surface area contributed by atoms with E-state index >= 15 is 0 Å². The molecule has 0 aliphatic heterocycles. The molecule has 1 amide bonds. The van der Waals surface area contributed by atoms with E-state index in [2.05, 4.69) is 10.3 Å². The van der Waals surface area contributed by atoms with Gasteiger partial charge in [-0.15, -0.1) is 0 Å². The van der Waals surface area contributed by atoms with Crippen LogP contribution >= 0.6 is 0 Å². The largest absolute Gasteiger partial charge is 0.326 e. The van der Waals surface area contributed by atoms with Crippen molar-refractivity contribution in [2.45, 2.75) is 19.4 Å². The Morgan fingerprint density at radius 2 is 1.81 bits per heavy atom. The summed E-state index contributed by atoms with van der Waals surface area (Å²) >= 11 is 0. The van der Waals surface area contributed by atoms with Gasteiger partial charge in [-0.3, -0.25) is 9.59 Å². The first kappa shape index (κ1) is 14.9. The van der Waals surface area contributed by atoms with Gasteiger partial charge in [0.25, 0.3) is 0 Å². The van der Waals surface area contributed by atoms with Crippen LogP contribution in [0.1, 0.15) is 28.8 Å². The molecule has 0 saturated carbocycles. The summed E-state index contributed by atoms with van der Waals surface area (Å²) in [6, 6.07) is 12.5. The predicted molar refractivity (Wildman–Crippen MR) is 80.8 cm³/mol. The summed E-state index contributed by atoms with van der Waals surface area (Å²) in [6.45, 7) is 0.298. The summed E-state index contributed by atoms with van der Waals surface area (Å²) in [4.78, 5) is 27.9. The zero-order valence-corrected chi connectivity index (χ0v) is 11.6. The van der Waals surface area contributed by atoms with Gasteiger partial charge in [-0.05, 0) is 6.07 Å². The molecule has 0 atom stereocenters.